The Morgan fingerprint density at radius 3 is 1.30 bits per heavy atom. The van der Waals surface area contributed by atoms with Crippen molar-refractivity contribution >= 4 is 61.4 Å². The Morgan fingerprint density at radius 2 is 1.20 bits per heavy atom. The predicted molar refractivity (Wildman–Crippen MR) is 59.2 cm³/mol. The van der Waals surface area contributed by atoms with Crippen molar-refractivity contribution in [2.75, 3.05) is 24.6 Å². The summed E-state index contributed by atoms with van der Waals surface area (Å²) < 4.78 is 0. The van der Waals surface area contributed by atoms with Gasteiger partial charge in [-0.3, -0.25) is 0 Å². The second-order valence-corrected chi connectivity index (χ2v) is 2.59. The Bertz CT molecular complexity index is 32.7. The molecule has 0 atom stereocenters. The minimum absolute atomic E-state index is 0. The lowest BCUT2D eigenvalue weighted by Crippen LogP contribution is -2.24. The Labute approximate surface area is 91.1 Å². The molecule has 1 saturated heterocycles. The van der Waals surface area contributed by atoms with E-state index in [1.165, 1.54) is 24.6 Å². The predicted octanol–water partition coefficient (Wildman–Crippen LogP) is 2.01. The van der Waals surface area contributed by atoms with Gasteiger partial charge in [0.25, 0.3) is 0 Å². The monoisotopic (exact) mass is 247 g/mol. The van der Waals surface area contributed by atoms with E-state index in [2.05, 4.69) is 5.32 Å². The smallest absolute Gasteiger partial charge is 0.00585 e. The van der Waals surface area contributed by atoms with E-state index < -0.39 is 0 Å². The molecule has 10 heavy (non-hydrogen) atoms. The van der Waals surface area contributed by atoms with Crippen molar-refractivity contribution in [3.05, 3.63) is 0 Å². The van der Waals surface area contributed by atoms with E-state index in [1.54, 1.807) is 0 Å². The highest BCUT2D eigenvalue weighted by Crippen LogP contribution is 1.99. The van der Waals surface area contributed by atoms with Crippen LogP contribution < -0.4 is 5.32 Å². The first-order chi connectivity index (χ1) is 3.00. The van der Waals surface area contributed by atoms with Gasteiger partial charge in [0, 0.05) is 24.6 Å². The van der Waals surface area contributed by atoms with Crippen molar-refractivity contribution in [3.63, 3.8) is 0 Å². The number of nitrogens with one attached hydrogen (secondary N) is 1. The summed E-state index contributed by atoms with van der Waals surface area (Å²) in [6, 6.07) is 0. The van der Waals surface area contributed by atoms with Gasteiger partial charge in [0.2, 0.25) is 0 Å². The fourth-order valence-corrected chi connectivity index (χ4v) is 1.30. The lowest BCUT2D eigenvalue weighted by molar-refractivity contribution is 0.756. The van der Waals surface area contributed by atoms with Gasteiger partial charge >= 0.3 is 0 Å². The zero-order chi connectivity index (χ0) is 4.24. The van der Waals surface area contributed by atoms with Gasteiger partial charge in [-0.05, 0) is 0 Å². The SMILES string of the molecule is C1CSCCN1.Cl.Cl.Cl.Cl. The number of thioether (sulfide) groups is 1. The quantitative estimate of drug-likeness (QED) is 0.704. The number of hydrogen-bond acceptors (Lipinski definition) is 2. The summed E-state index contributed by atoms with van der Waals surface area (Å²) in [6.45, 7) is 2.43. The fourth-order valence-electron chi connectivity index (χ4n) is 0.516. The van der Waals surface area contributed by atoms with Crippen LogP contribution >= 0.6 is 61.4 Å². The van der Waals surface area contributed by atoms with Crippen LogP contribution in [0.4, 0.5) is 0 Å². The van der Waals surface area contributed by atoms with Crippen LogP contribution in [0.25, 0.3) is 0 Å². The molecule has 6 heteroatoms. The number of rotatable bonds is 0. The highest BCUT2D eigenvalue weighted by molar-refractivity contribution is 7.99. The third kappa shape index (κ3) is 12.2. The maximum atomic E-state index is 3.26. The first-order valence-corrected chi connectivity index (χ1v) is 3.44. The highest BCUT2D eigenvalue weighted by atomic mass is 35.5. The van der Waals surface area contributed by atoms with E-state index in [9.17, 15) is 0 Å². The Hall–Kier alpha value is 1.47. The molecule has 68 valence electrons. The maximum absolute atomic E-state index is 3.26. The molecule has 0 spiro atoms. The first-order valence-electron chi connectivity index (χ1n) is 2.28. The molecule has 0 aromatic heterocycles. The van der Waals surface area contributed by atoms with Gasteiger partial charge in [-0.25, -0.2) is 0 Å². The normalized spacial score (nSPS) is 14.4. The molecule has 0 aliphatic carbocycles. The molecule has 1 rings (SSSR count). The van der Waals surface area contributed by atoms with Gasteiger partial charge in [-0.2, -0.15) is 11.8 Å². The van der Waals surface area contributed by atoms with Crippen LogP contribution in [0, 0.1) is 0 Å². The molecule has 0 radical (unpaired) electrons. The minimum Gasteiger partial charge on any atom is -0.315 e. The molecule has 0 amide bonds. The van der Waals surface area contributed by atoms with E-state index >= 15 is 0 Å². The molecule has 0 aromatic carbocycles. The average molecular weight is 249 g/mol. The summed E-state index contributed by atoms with van der Waals surface area (Å²) >= 11 is 2.03. The molecule has 0 unspecified atom stereocenters. The van der Waals surface area contributed by atoms with Gasteiger partial charge < -0.3 is 5.32 Å². The highest BCUT2D eigenvalue weighted by Gasteiger charge is 1.93. The van der Waals surface area contributed by atoms with Gasteiger partial charge in [0.1, 0.15) is 0 Å². The van der Waals surface area contributed by atoms with Gasteiger partial charge in [0.15, 0.2) is 0 Å². The minimum atomic E-state index is 0. The molecule has 1 aliphatic rings. The third-order valence-electron chi connectivity index (χ3n) is 0.846. The molecular weight excluding hydrogens is 236 g/mol. The molecule has 0 aromatic rings. The Morgan fingerprint density at radius 1 is 0.800 bits per heavy atom. The van der Waals surface area contributed by atoms with Gasteiger partial charge in [-0.15, -0.1) is 49.6 Å². The van der Waals surface area contributed by atoms with Gasteiger partial charge in [0.05, 0.1) is 0 Å². The zero-order valence-corrected chi connectivity index (χ0v) is 9.45. The fraction of sp³-hybridized carbons (Fsp3) is 1.00. The van der Waals surface area contributed by atoms with Crippen molar-refractivity contribution in [1.29, 1.82) is 0 Å². The Balaban J connectivity index is -0.0000000450. The van der Waals surface area contributed by atoms with Crippen molar-refractivity contribution in [2.24, 2.45) is 0 Å². The van der Waals surface area contributed by atoms with Crippen LogP contribution in [0.2, 0.25) is 0 Å². The summed E-state index contributed by atoms with van der Waals surface area (Å²) in [5.41, 5.74) is 0. The molecular formula is C4H13Cl4NS. The second-order valence-electron chi connectivity index (χ2n) is 1.36. The lowest BCUT2D eigenvalue weighted by Gasteiger charge is -2.08. The van der Waals surface area contributed by atoms with Crippen LogP contribution in [0.5, 0.6) is 0 Å². The zero-order valence-electron chi connectivity index (χ0n) is 5.37. The largest absolute Gasteiger partial charge is 0.315 e. The molecule has 0 saturated carbocycles. The van der Waals surface area contributed by atoms with Crippen LogP contribution in [0.1, 0.15) is 0 Å². The second kappa shape index (κ2) is 16.8. The lowest BCUT2D eigenvalue weighted by atomic mass is 10.6. The van der Waals surface area contributed by atoms with E-state index in [4.69, 9.17) is 0 Å². The maximum Gasteiger partial charge on any atom is 0.00585 e. The third-order valence-corrected chi connectivity index (χ3v) is 1.83. The summed E-state index contributed by atoms with van der Waals surface area (Å²) in [5.74, 6) is 2.61. The number of halogens is 4. The molecule has 1 N–H and O–H groups in total. The molecule has 1 heterocycles. The first kappa shape index (κ1) is 22.5. The Kier molecular flexibility index (Phi) is 37.9. The van der Waals surface area contributed by atoms with Crippen molar-refractivity contribution in [2.45, 2.75) is 0 Å². The van der Waals surface area contributed by atoms with Crippen molar-refractivity contribution in [1.82, 2.24) is 5.32 Å². The van der Waals surface area contributed by atoms with Gasteiger partial charge in [-0.1, -0.05) is 0 Å². The van der Waals surface area contributed by atoms with E-state index in [1.807, 2.05) is 11.8 Å². The number of hydrogen-bond donors (Lipinski definition) is 1. The van der Waals surface area contributed by atoms with E-state index in [0.717, 1.165) is 0 Å². The van der Waals surface area contributed by atoms with Crippen LogP contribution in [-0.4, -0.2) is 24.6 Å². The summed E-state index contributed by atoms with van der Waals surface area (Å²) in [6.07, 6.45) is 0. The topological polar surface area (TPSA) is 12.0 Å². The molecule has 1 fully saturated rings. The summed E-state index contributed by atoms with van der Waals surface area (Å²) in [7, 11) is 0. The van der Waals surface area contributed by atoms with E-state index in [-0.39, 0.29) is 49.6 Å². The summed E-state index contributed by atoms with van der Waals surface area (Å²) in [4.78, 5) is 0. The van der Waals surface area contributed by atoms with Crippen LogP contribution in [0.15, 0.2) is 0 Å². The molecule has 1 aliphatic heterocycles. The molecule has 1 nitrogen and oxygen atoms in total. The van der Waals surface area contributed by atoms with Crippen molar-refractivity contribution in [3.8, 4) is 0 Å². The van der Waals surface area contributed by atoms with E-state index in [0.29, 0.717) is 0 Å². The summed E-state index contributed by atoms with van der Waals surface area (Å²) in [5, 5.41) is 3.26. The molecule has 0 bridgehead atoms. The average Bonchev–Trinajstić information content (AvgIpc) is 1.72. The van der Waals surface area contributed by atoms with Crippen LogP contribution in [0.3, 0.4) is 0 Å². The standard InChI is InChI=1S/C4H9NS.4ClH/c1-3-6-4-2-5-1;;;;/h5H,1-4H2;4*1H. The van der Waals surface area contributed by atoms with Crippen molar-refractivity contribution < 1.29 is 0 Å². The van der Waals surface area contributed by atoms with Crippen LogP contribution in [-0.2, 0) is 0 Å².